The first kappa shape index (κ1) is 12.9. The Morgan fingerprint density at radius 3 is 2.64 bits per heavy atom. The van der Waals surface area contributed by atoms with E-state index in [9.17, 15) is 4.79 Å². The van der Waals surface area contributed by atoms with E-state index in [1.807, 2.05) is 18.2 Å². The van der Waals surface area contributed by atoms with Gasteiger partial charge in [-0.2, -0.15) is 0 Å². The maximum atomic E-state index is 10.7. The number of esters is 1. The van der Waals surface area contributed by atoms with Crippen LogP contribution in [-0.4, -0.2) is 24.8 Å². The van der Waals surface area contributed by atoms with Crippen LogP contribution in [-0.2, 0) is 9.53 Å². The van der Waals surface area contributed by atoms with E-state index in [1.54, 1.807) is 6.08 Å². The Balaban J connectivity index is 3.27. The summed E-state index contributed by atoms with van der Waals surface area (Å²) >= 11 is 0. The molecule has 3 heteroatoms. The first-order valence-electron chi connectivity index (χ1n) is 4.79. The Labute approximate surface area is 85.1 Å². The maximum Gasteiger partial charge on any atom is 0.305 e. The van der Waals surface area contributed by atoms with Crippen molar-refractivity contribution in [2.45, 2.75) is 25.7 Å². The van der Waals surface area contributed by atoms with Crippen molar-refractivity contribution >= 4 is 5.97 Å². The van der Waals surface area contributed by atoms with Gasteiger partial charge in [0.1, 0.15) is 0 Å². The number of aliphatic hydroxyl groups excluding tert-OH is 1. The summed E-state index contributed by atoms with van der Waals surface area (Å²) in [6.45, 7) is 0.0934. The number of carbonyl (C=O) groups excluding carboxylic acids is 1. The molecule has 0 radical (unpaired) electrons. The fourth-order valence-electron chi connectivity index (χ4n) is 0.930. The molecule has 0 unspecified atom stereocenters. The molecule has 0 amide bonds. The highest BCUT2D eigenvalue weighted by Crippen LogP contribution is 1.99. The van der Waals surface area contributed by atoms with Crippen LogP contribution >= 0.6 is 0 Å². The van der Waals surface area contributed by atoms with E-state index >= 15 is 0 Å². The highest BCUT2D eigenvalue weighted by atomic mass is 16.5. The lowest BCUT2D eigenvalue weighted by molar-refractivity contribution is -0.140. The zero-order chi connectivity index (χ0) is 10.6. The molecule has 80 valence electrons. The zero-order valence-corrected chi connectivity index (χ0v) is 8.61. The number of ether oxygens (including phenoxy) is 1. The van der Waals surface area contributed by atoms with Gasteiger partial charge >= 0.3 is 5.97 Å². The molecule has 0 bridgehead atoms. The van der Waals surface area contributed by atoms with Crippen LogP contribution in [0.5, 0.6) is 0 Å². The van der Waals surface area contributed by atoms with E-state index in [2.05, 4.69) is 4.74 Å². The predicted molar refractivity (Wildman–Crippen MR) is 55.8 cm³/mol. The number of hydrogen-bond donors (Lipinski definition) is 1. The second-order valence-corrected chi connectivity index (χ2v) is 2.83. The standard InChI is InChI=1S/C11H18O3/c1-14-11(13)9-7-5-3-2-4-6-8-10-12/h2-3,6,8,12H,4-5,7,9-10H2,1H3/b3-2?,8-6+. The summed E-state index contributed by atoms with van der Waals surface area (Å²) in [4.78, 5) is 10.7. The molecule has 0 saturated carbocycles. The summed E-state index contributed by atoms with van der Waals surface area (Å²) in [6, 6.07) is 0. The summed E-state index contributed by atoms with van der Waals surface area (Å²) in [5, 5.41) is 8.43. The molecular formula is C11H18O3. The fraction of sp³-hybridized carbons (Fsp3) is 0.545. The Hall–Kier alpha value is -1.09. The van der Waals surface area contributed by atoms with Gasteiger partial charge in [0.25, 0.3) is 0 Å². The lowest BCUT2D eigenvalue weighted by Crippen LogP contribution is -1.98. The molecule has 1 N–H and O–H groups in total. The number of hydrogen-bond acceptors (Lipinski definition) is 3. The van der Waals surface area contributed by atoms with Crippen LogP contribution in [0.15, 0.2) is 24.3 Å². The minimum absolute atomic E-state index is 0.0934. The van der Waals surface area contributed by atoms with Crippen molar-refractivity contribution in [3.8, 4) is 0 Å². The van der Waals surface area contributed by atoms with Crippen molar-refractivity contribution in [3.63, 3.8) is 0 Å². The normalized spacial score (nSPS) is 11.3. The van der Waals surface area contributed by atoms with Crippen LogP contribution in [0.1, 0.15) is 25.7 Å². The average Bonchev–Trinajstić information content (AvgIpc) is 2.21. The Morgan fingerprint density at radius 2 is 2.00 bits per heavy atom. The van der Waals surface area contributed by atoms with E-state index in [0.717, 1.165) is 19.3 Å². The van der Waals surface area contributed by atoms with Crippen molar-refractivity contribution in [2.24, 2.45) is 0 Å². The van der Waals surface area contributed by atoms with Crippen molar-refractivity contribution in [2.75, 3.05) is 13.7 Å². The predicted octanol–water partition coefficient (Wildman–Crippen LogP) is 1.82. The number of carbonyl (C=O) groups is 1. The SMILES string of the molecule is COC(=O)CCCC=CC/C=C/CO. The van der Waals surface area contributed by atoms with Gasteiger partial charge in [-0.3, -0.25) is 4.79 Å². The van der Waals surface area contributed by atoms with Crippen LogP contribution in [0.2, 0.25) is 0 Å². The van der Waals surface area contributed by atoms with Crippen LogP contribution in [0.4, 0.5) is 0 Å². The van der Waals surface area contributed by atoms with Gasteiger partial charge in [0.15, 0.2) is 0 Å². The van der Waals surface area contributed by atoms with E-state index in [1.165, 1.54) is 7.11 Å². The van der Waals surface area contributed by atoms with Crippen molar-refractivity contribution < 1.29 is 14.6 Å². The molecule has 0 aliphatic carbocycles. The highest BCUT2D eigenvalue weighted by Gasteiger charge is 1.96. The van der Waals surface area contributed by atoms with Crippen molar-refractivity contribution in [3.05, 3.63) is 24.3 Å². The number of aliphatic hydroxyl groups is 1. The number of unbranched alkanes of at least 4 members (excludes halogenated alkanes) is 1. The molecule has 0 heterocycles. The van der Waals surface area contributed by atoms with Gasteiger partial charge in [0.05, 0.1) is 13.7 Å². The molecule has 0 aliphatic heterocycles. The van der Waals surface area contributed by atoms with Gasteiger partial charge in [-0.25, -0.2) is 0 Å². The van der Waals surface area contributed by atoms with E-state index in [-0.39, 0.29) is 12.6 Å². The van der Waals surface area contributed by atoms with Gasteiger partial charge in [-0.15, -0.1) is 0 Å². The summed E-state index contributed by atoms with van der Waals surface area (Å²) < 4.78 is 4.51. The molecular weight excluding hydrogens is 180 g/mol. The molecule has 0 aliphatic rings. The van der Waals surface area contributed by atoms with Crippen molar-refractivity contribution in [1.82, 2.24) is 0 Å². The largest absolute Gasteiger partial charge is 0.469 e. The third kappa shape index (κ3) is 9.00. The molecule has 0 aromatic carbocycles. The minimum Gasteiger partial charge on any atom is -0.469 e. The van der Waals surface area contributed by atoms with E-state index in [4.69, 9.17) is 5.11 Å². The maximum absolute atomic E-state index is 10.7. The van der Waals surface area contributed by atoms with E-state index in [0.29, 0.717) is 6.42 Å². The molecule has 0 atom stereocenters. The number of methoxy groups -OCH3 is 1. The van der Waals surface area contributed by atoms with Crippen molar-refractivity contribution in [1.29, 1.82) is 0 Å². The van der Waals surface area contributed by atoms with Crippen LogP contribution in [0, 0.1) is 0 Å². The second kappa shape index (κ2) is 9.99. The summed E-state index contributed by atoms with van der Waals surface area (Å²) in [5.41, 5.74) is 0. The van der Waals surface area contributed by atoms with Crippen LogP contribution in [0.25, 0.3) is 0 Å². The van der Waals surface area contributed by atoms with Crippen LogP contribution in [0.3, 0.4) is 0 Å². The van der Waals surface area contributed by atoms with Gasteiger partial charge in [0, 0.05) is 6.42 Å². The summed E-state index contributed by atoms with van der Waals surface area (Å²) in [6.07, 6.45) is 10.7. The second-order valence-electron chi connectivity index (χ2n) is 2.83. The quantitative estimate of drug-likeness (QED) is 0.385. The van der Waals surface area contributed by atoms with Crippen LogP contribution < -0.4 is 0 Å². The van der Waals surface area contributed by atoms with E-state index < -0.39 is 0 Å². The molecule has 0 aromatic heterocycles. The Bertz CT molecular complexity index is 195. The van der Waals surface area contributed by atoms with Gasteiger partial charge in [-0.05, 0) is 19.3 Å². The molecule has 14 heavy (non-hydrogen) atoms. The zero-order valence-electron chi connectivity index (χ0n) is 8.61. The number of rotatable bonds is 7. The summed E-state index contributed by atoms with van der Waals surface area (Å²) in [7, 11) is 1.40. The molecule has 0 saturated heterocycles. The van der Waals surface area contributed by atoms with Gasteiger partial charge in [0.2, 0.25) is 0 Å². The van der Waals surface area contributed by atoms with Gasteiger partial charge in [-0.1, -0.05) is 24.3 Å². The monoisotopic (exact) mass is 198 g/mol. The fourth-order valence-corrected chi connectivity index (χ4v) is 0.930. The number of allylic oxidation sites excluding steroid dienone is 3. The highest BCUT2D eigenvalue weighted by molar-refractivity contribution is 5.68. The third-order valence-electron chi connectivity index (χ3n) is 1.69. The molecule has 0 fully saturated rings. The lowest BCUT2D eigenvalue weighted by Gasteiger charge is -1.95. The Morgan fingerprint density at radius 1 is 1.29 bits per heavy atom. The molecule has 0 aromatic rings. The average molecular weight is 198 g/mol. The smallest absolute Gasteiger partial charge is 0.305 e. The molecule has 0 rings (SSSR count). The lowest BCUT2D eigenvalue weighted by atomic mass is 10.2. The third-order valence-corrected chi connectivity index (χ3v) is 1.69. The molecule has 0 spiro atoms. The summed E-state index contributed by atoms with van der Waals surface area (Å²) in [5.74, 6) is -0.154. The van der Waals surface area contributed by atoms with Gasteiger partial charge < -0.3 is 9.84 Å². The minimum atomic E-state index is -0.154. The molecule has 3 nitrogen and oxygen atoms in total. The Kier molecular flexibility index (Phi) is 9.22. The topological polar surface area (TPSA) is 46.5 Å². The first-order chi connectivity index (χ1) is 6.81. The first-order valence-corrected chi connectivity index (χ1v) is 4.79.